The highest BCUT2D eigenvalue weighted by atomic mass is 15.2. The monoisotopic (exact) mass is 390 g/mol. The third-order valence-electron chi connectivity index (χ3n) is 5.28. The van der Waals surface area contributed by atoms with E-state index >= 15 is 0 Å². The smallest absolute Gasteiger partial charge is 0.141 e. The predicted octanol–water partition coefficient (Wildman–Crippen LogP) is 3.48. The van der Waals surface area contributed by atoms with Crippen LogP contribution in [0.5, 0.6) is 0 Å². The summed E-state index contributed by atoms with van der Waals surface area (Å²) in [6.07, 6.45) is 6.11. The molecule has 4 rings (SSSR count). The second-order valence-electron chi connectivity index (χ2n) is 7.64. The average Bonchev–Trinajstić information content (AvgIpc) is 3.60. The van der Waals surface area contributed by atoms with Crippen LogP contribution in [-0.4, -0.2) is 41.9 Å². The molecule has 0 atom stereocenters. The van der Waals surface area contributed by atoms with E-state index in [1.165, 1.54) is 5.56 Å². The van der Waals surface area contributed by atoms with E-state index in [2.05, 4.69) is 39.2 Å². The van der Waals surface area contributed by atoms with Gasteiger partial charge in [-0.25, -0.2) is 9.97 Å². The highest BCUT2D eigenvalue weighted by Gasteiger charge is 2.31. The van der Waals surface area contributed by atoms with Crippen LogP contribution < -0.4 is 10.2 Å². The average molecular weight is 391 g/mol. The number of rotatable bonds is 5. The molecule has 0 radical (unpaired) electrons. The van der Waals surface area contributed by atoms with Crippen molar-refractivity contribution in [1.82, 2.24) is 15.3 Å². The number of hydrogen-bond donors (Lipinski definition) is 2. The minimum Gasteiger partial charge on any atom is -0.353 e. The normalized spacial score (nSPS) is 15.8. The number of benzene rings is 1. The second kappa shape index (κ2) is 10.1. The maximum absolute atomic E-state index is 8.58. The van der Waals surface area contributed by atoms with Crippen LogP contribution >= 0.6 is 0 Å². The molecule has 0 spiro atoms. The first-order valence-electron chi connectivity index (χ1n) is 10.5. The van der Waals surface area contributed by atoms with Crippen molar-refractivity contribution < 1.29 is 0 Å². The Balaban J connectivity index is 0.000000188. The Hall–Kier alpha value is -2.78. The van der Waals surface area contributed by atoms with Crippen LogP contribution in [0, 0.1) is 29.6 Å². The lowest BCUT2D eigenvalue weighted by atomic mass is 10.0. The van der Waals surface area contributed by atoms with Gasteiger partial charge in [-0.15, -0.1) is 0 Å². The van der Waals surface area contributed by atoms with Gasteiger partial charge in [0, 0.05) is 37.8 Å². The van der Waals surface area contributed by atoms with Gasteiger partial charge in [0.1, 0.15) is 12.1 Å². The summed E-state index contributed by atoms with van der Waals surface area (Å²) in [6.45, 7) is 8.01. The van der Waals surface area contributed by atoms with Gasteiger partial charge >= 0.3 is 0 Å². The molecular formula is C23H30N6. The molecule has 6 heteroatoms. The van der Waals surface area contributed by atoms with Gasteiger partial charge in [-0.05, 0) is 43.9 Å². The first-order chi connectivity index (χ1) is 14.1. The quantitative estimate of drug-likeness (QED) is 0.763. The Bertz CT molecular complexity index is 875. The van der Waals surface area contributed by atoms with E-state index < -0.39 is 0 Å². The fourth-order valence-electron chi connectivity index (χ4n) is 3.55. The Morgan fingerprint density at radius 2 is 2.03 bits per heavy atom. The topological polar surface area (TPSA) is 88.7 Å². The van der Waals surface area contributed by atoms with Crippen molar-refractivity contribution in [1.29, 1.82) is 10.7 Å². The van der Waals surface area contributed by atoms with Gasteiger partial charge < -0.3 is 15.6 Å². The van der Waals surface area contributed by atoms with Gasteiger partial charge in [0.25, 0.3) is 0 Å². The van der Waals surface area contributed by atoms with E-state index in [0.29, 0.717) is 5.92 Å². The number of aromatic nitrogens is 2. The number of aryl methyl sites for hydroxylation is 2. The third-order valence-corrected chi connectivity index (χ3v) is 5.28. The van der Waals surface area contributed by atoms with E-state index in [9.17, 15) is 0 Å². The molecule has 1 saturated heterocycles. The minimum atomic E-state index is 0.441. The summed E-state index contributed by atoms with van der Waals surface area (Å²) in [5.41, 5.74) is 4.67. The third kappa shape index (κ3) is 5.61. The number of nitrogens with one attached hydrogen (secondary N) is 2. The SMILES string of the molecule is CCCc1cccc(C#N)c1.Cc1ncnc(N2CCNCC2)c1C(=N)C1CC1. The van der Waals surface area contributed by atoms with E-state index in [-0.39, 0.29) is 0 Å². The van der Waals surface area contributed by atoms with Crippen LogP contribution in [0.1, 0.15) is 48.6 Å². The van der Waals surface area contributed by atoms with E-state index in [1.807, 2.05) is 25.1 Å². The van der Waals surface area contributed by atoms with E-state index in [0.717, 1.165) is 80.2 Å². The molecule has 0 bridgehead atoms. The Labute approximate surface area is 173 Å². The van der Waals surface area contributed by atoms with Crippen molar-refractivity contribution in [3.63, 3.8) is 0 Å². The molecule has 152 valence electrons. The molecular weight excluding hydrogens is 360 g/mol. The number of hydrogen-bond acceptors (Lipinski definition) is 6. The summed E-state index contributed by atoms with van der Waals surface area (Å²) in [4.78, 5) is 11.0. The van der Waals surface area contributed by atoms with Crippen LogP contribution in [-0.2, 0) is 6.42 Å². The molecule has 6 nitrogen and oxygen atoms in total. The maximum Gasteiger partial charge on any atom is 0.141 e. The van der Waals surface area contributed by atoms with Gasteiger partial charge in [-0.3, -0.25) is 0 Å². The number of anilines is 1. The van der Waals surface area contributed by atoms with E-state index in [1.54, 1.807) is 6.33 Å². The molecule has 2 fully saturated rings. The standard InChI is InChI=1S/C13H19N5.C10H11N/c1-9-11(12(14)10-2-3-10)13(17-8-16-9)18-6-4-15-5-7-18;1-2-4-9-5-3-6-10(7-9)8-11/h8,10,14-15H,2-7H2,1H3;3,5-7H,2,4H2,1H3. The van der Waals surface area contributed by atoms with Gasteiger partial charge in [-0.2, -0.15) is 5.26 Å². The fourth-order valence-corrected chi connectivity index (χ4v) is 3.55. The molecule has 2 heterocycles. The molecule has 1 aromatic heterocycles. The number of nitriles is 1. The highest BCUT2D eigenvalue weighted by molar-refractivity contribution is 6.05. The summed E-state index contributed by atoms with van der Waals surface area (Å²) in [5.74, 6) is 1.40. The highest BCUT2D eigenvalue weighted by Crippen LogP contribution is 2.35. The van der Waals surface area contributed by atoms with Crippen LogP contribution in [0.3, 0.4) is 0 Å². The molecule has 2 aliphatic rings. The van der Waals surface area contributed by atoms with Crippen molar-refractivity contribution in [2.24, 2.45) is 5.92 Å². The molecule has 29 heavy (non-hydrogen) atoms. The van der Waals surface area contributed by atoms with Crippen molar-refractivity contribution in [2.45, 2.75) is 39.5 Å². The fraction of sp³-hybridized carbons (Fsp3) is 0.478. The Kier molecular flexibility index (Phi) is 7.31. The second-order valence-corrected chi connectivity index (χ2v) is 7.64. The molecule has 0 amide bonds. The van der Waals surface area contributed by atoms with Crippen LogP contribution in [0.4, 0.5) is 5.82 Å². The molecule has 1 aromatic carbocycles. The van der Waals surface area contributed by atoms with E-state index in [4.69, 9.17) is 10.7 Å². The lowest BCUT2D eigenvalue weighted by Gasteiger charge is -2.30. The maximum atomic E-state index is 8.58. The van der Waals surface area contributed by atoms with Crippen LogP contribution in [0.15, 0.2) is 30.6 Å². The summed E-state index contributed by atoms with van der Waals surface area (Å²) < 4.78 is 0. The minimum absolute atomic E-state index is 0.441. The Morgan fingerprint density at radius 3 is 2.69 bits per heavy atom. The molecule has 0 unspecified atom stereocenters. The van der Waals surface area contributed by atoms with Crippen molar-refractivity contribution in [2.75, 3.05) is 31.1 Å². The van der Waals surface area contributed by atoms with Gasteiger partial charge in [-0.1, -0.05) is 25.5 Å². The van der Waals surface area contributed by atoms with Crippen molar-refractivity contribution >= 4 is 11.5 Å². The summed E-state index contributed by atoms with van der Waals surface area (Å²) in [5, 5.41) is 20.2. The molecule has 2 N–H and O–H groups in total. The van der Waals surface area contributed by atoms with Crippen LogP contribution in [0.2, 0.25) is 0 Å². The number of nitrogens with zero attached hydrogens (tertiary/aromatic N) is 4. The largest absolute Gasteiger partial charge is 0.353 e. The molecule has 1 saturated carbocycles. The van der Waals surface area contributed by atoms with Crippen molar-refractivity contribution in [3.05, 3.63) is 53.0 Å². The molecule has 1 aliphatic heterocycles. The summed E-state index contributed by atoms with van der Waals surface area (Å²) in [7, 11) is 0. The van der Waals surface area contributed by atoms with Gasteiger partial charge in [0.05, 0.1) is 22.9 Å². The predicted molar refractivity (Wildman–Crippen MR) is 117 cm³/mol. The first kappa shape index (κ1) is 20.9. The molecule has 2 aromatic rings. The zero-order valence-corrected chi connectivity index (χ0v) is 17.4. The lowest BCUT2D eigenvalue weighted by Crippen LogP contribution is -2.44. The number of piperazine rings is 1. The van der Waals surface area contributed by atoms with Gasteiger partial charge in [0.15, 0.2) is 0 Å². The zero-order chi connectivity index (χ0) is 20.6. The van der Waals surface area contributed by atoms with Crippen molar-refractivity contribution in [3.8, 4) is 6.07 Å². The summed E-state index contributed by atoms with van der Waals surface area (Å²) >= 11 is 0. The Morgan fingerprint density at radius 1 is 1.28 bits per heavy atom. The first-order valence-corrected chi connectivity index (χ1v) is 10.5. The molecule has 1 aliphatic carbocycles. The summed E-state index contributed by atoms with van der Waals surface area (Å²) in [6, 6.07) is 9.90. The van der Waals surface area contributed by atoms with Crippen LogP contribution in [0.25, 0.3) is 0 Å². The lowest BCUT2D eigenvalue weighted by molar-refractivity contribution is 0.584. The zero-order valence-electron chi connectivity index (χ0n) is 17.4. The van der Waals surface area contributed by atoms with Gasteiger partial charge in [0.2, 0.25) is 0 Å².